The van der Waals surface area contributed by atoms with Crippen molar-refractivity contribution in [2.24, 2.45) is 5.73 Å². The third-order valence-corrected chi connectivity index (χ3v) is 5.15. The van der Waals surface area contributed by atoms with Crippen molar-refractivity contribution >= 4 is 0 Å². The van der Waals surface area contributed by atoms with Crippen LogP contribution in [0.25, 0.3) is 5.48 Å². The van der Waals surface area contributed by atoms with Gasteiger partial charge in [0.05, 0.1) is 0 Å². The quantitative estimate of drug-likeness (QED) is 0.0776. The number of allylic oxidation sites excluding steroid dienone is 4. The molecule has 0 atom stereocenters. The van der Waals surface area contributed by atoms with Gasteiger partial charge in [0, 0.05) is 6.61 Å². The fraction of sp³-hybridized carbons (Fsp3) is 0.846. The van der Waals surface area contributed by atoms with Crippen LogP contribution in [0.4, 0.5) is 0 Å². The van der Waals surface area contributed by atoms with Gasteiger partial charge in [-0.25, -0.2) is 0 Å². The molecule has 0 radical (unpaired) electrons. The van der Waals surface area contributed by atoms with Crippen LogP contribution in [-0.2, 0) is 4.84 Å². The average Bonchev–Trinajstić information content (AvgIpc) is 2.78. The van der Waals surface area contributed by atoms with Crippen LogP contribution < -0.4 is 67.8 Å². The Morgan fingerprint density at radius 1 is 0.688 bits per heavy atom. The molecule has 0 spiro atoms. The van der Waals surface area contributed by atoms with Crippen LogP contribution in [0.3, 0.4) is 0 Å². The van der Waals surface area contributed by atoms with Crippen molar-refractivity contribution in [1.82, 2.24) is 10.6 Å². The molecule has 0 heterocycles. The molecule has 0 amide bonds. The molecule has 184 valence electrons. The molecule has 0 unspecified atom stereocenters. The molecule has 0 rings (SSSR count). The van der Waals surface area contributed by atoms with Crippen molar-refractivity contribution in [3.8, 4) is 0 Å². The Bertz CT molecular complexity index is 381. The molecule has 0 fully saturated rings. The summed E-state index contributed by atoms with van der Waals surface area (Å²) in [5.41, 5.74) is 9.64. The Balaban J connectivity index is 0. The third-order valence-electron chi connectivity index (χ3n) is 5.15. The minimum atomic E-state index is 0. The summed E-state index contributed by atoms with van der Waals surface area (Å²) in [6.07, 6.45) is 26.4. The molecule has 4 N–H and O–H groups in total. The Hall–Kier alpha value is 0.916. The first kappa shape index (κ1) is 35.1. The van der Waals surface area contributed by atoms with Crippen LogP contribution in [0.15, 0.2) is 24.3 Å². The molecule has 32 heavy (non-hydrogen) atoms. The maximum atomic E-state index is 5.46. The van der Waals surface area contributed by atoms with E-state index in [2.05, 4.69) is 47.3 Å². The first-order valence-electron chi connectivity index (χ1n) is 13.1. The van der Waals surface area contributed by atoms with Gasteiger partial charge in [0.15, 0.2) is 0 Å². The standard InChI is InChI=1S/C26H53N4O.K/c1-2-3-4-5-6-7-8-9-10-11-12-13-14-15-16-25-30-31-26-19-24-29-23-18-22-28-21-17-20-27;/h6-7,9-10,28-29H,2-5,8,11-27H2,1H3;/q-1;+1/b7-6-,10-9-;. The molecule has 0 aliphatic carbocycles. The van der Waals surface area contributed by atoms with E-state index in [-0.39, 0.29) is 51.4 Å². The predicted molar refractivity (Wildman–Crippen MR) is 138 cm³/mol. The Morgan fingerprint density at radius 3 is 1.97 bits per heavy atom. The van der Waals surface area contributed by atoms with Gasteiger partial charge in [-0.3, -0.25) is 0 Å². The van der Waals surface area contributed by atoms with Crippen molar-refractivity contribution in [3.05, 3.63) is 29.8 Å². The summed E-state index contributed by atoms with van der Waals surface area (Å²) >= 11 is 0. The SMILES string of the molecule is CCCCC/C=C\C/C=C\CCCCCCC[N-]OCCCNCCCNCCCN.[K+]. The van der Waals surface area contributed by atoms with Gasteiger partial charge in [-0.05, 0) is 84.1 Å². The number of rotatable bonds is 26. The summed E-state index contributed by atoms with van der Waals surface area (Å²) < 4.78 is 0. The number of hydrogen-bond acceptors (Lipinski definition) is 4. The molecule has 0 aromatic carbocycles. The van der Waals surface area contributed by atoms with E-state index in [4.69, 9.17) is 10.6 Å². The Morgan fingerprint density at radius 2 is 1.28 bits per heavy atom. The van der Waals surface area contributed by atoms with Crippen molar-refractivity contribution in [1.29, 1.82) is 0 Å². The summed E-state index contributed by atoms with van der Waals surface area (Å²) in [6.45, 7) is 8.74. The van der Waals surface area contributed by atoms with Crippen LogP contribution in [-0.4, -0.2) is 45.9 Å². The van der Waals surface area contributed by atoms with E-state index in [1.807, 2.05) is 0 Å². The van der Waals surface area contributed by atoms with E-state index in [1.54, 1.807) is 0 Å². The number of nitrogens with zero attached hydrogens (tertiary/aromatic N) is 1. The largest absolute Gasteiger partial charge is 1.00 e. The van der Waals surface area contributed by atoms with Gasteiger partial charge in [0.2, 0.25) is 0 Å². The summed E-state index contributed by atoms with van der Waals surface area (Å²) in [4.78, 5) is 5.37. The summed E-state index contributed by atoms with van der Waals surface area (Å²) in [5.74, 6) is 0. The van der Waals surface area contributed by atoms with E-state index in [0.717, 1.165) is 78.0 Å². The van der Waals surface area contributed by atoms with Crippen LogP contribution in [0.1, 0.15) is 96.8 Å². The molecule has 0 aliphatic heterocycles. The first-order valence-corrected chi connectivity index (χ1v) is 13.1. The molecule has 0 aromatic rings. The molecular formula is C26H53KN4O. The van der Waals surface area contributed by atoms with Crippen LogP contribution in [0.2, 0.25) is 0 Å². The first-order chi connectivity index (χ1) is 15.4. The summed E-state index contributed by atoms with van der Waals surface area (Å²) in [6, 6.07) is 0. The topological polar surface area (TPSA) is 73.4 Å². The van der Waals surface area contributed by atoms with E-state index >= 15 is 0 Å². The second-order valence-electron chi connectivity index (χ2n) is 8.27. The van der Waals surface area contributed by atoms with Crippen LogP contribution >= 0.6 is 0 Å². The molecule has 0 saturated carbocycles. The molecule has 6 heteroatoms. The second-order valence-corrected chi connectivity index (χ2v) is 8.27. The van der Waals surface area contributed by atoms with E-state index < -0.39 is 0 Å². The minimum Gasteiger partial charge on any atom is -0.534 e. The van der Waals surface area contributed by atoms with Gasteiger partial charge < -0.3 is 26.7 Å². The van der Waals surface area contributed by atoms with Crippen LogP contribution in [0, 0.1) is 0 Å². The van der Waals surface area contributed by atoms with E-state index in [1.165, 1.54) is 57.8 Å². The normalized spacial score (nSPS) is 11.6. The summed E-state index contributed by atoms with van der Waals surface area (Å²) in [7, 11) is 0. The molecular weight excluding hydrogens is 423 g/mol. The van der Waals surface area contributed by atoms with Crippen molar-refractivity contribution in [3.63, 3.8) is 0 Å². The smallest absolute Gasteiger partial charge is 0.534 e. The number of unbranched alkanes of at least 4 members (excludes halogenated alkanes) is 8. The molecule has 5 nitrogen and oxygen atoms in total. The molecule has 0 aromatic heterocycles. The van der Waals surface area contributed by atoms with Crippen molar-refractivity contribution in [2.45, 2.75) is 96.8 Å². The van der Waals surface area contributed by atoms with Gasteiger partial charge in [-0.1, -0.05) is 69.8 Å². The maximum Gasteiger partial charge on any atom is 1.00 e. The predicted octanol–water partition coefficient (Wildman–Crippen LogP) is 3.03. The Labute approximate surface area is 242 Å². The van der Waals surface area contributed by atoms with Gasteiger partial charge in [0.1, 0.15) is 0 Å². The fourth-order valence-corrected chi connectivity index (χ4v) is 3.19. The van der Waals surface area contributed by atoms with Crippen molar-refractivity contribution in [2.75, 3.05) is 45.9 Å². The van der Waals surface area contributed by atoms with Crippen LogP contribution in [0.5, 0.6) is 0 Å². The Kier molecular flexibility index (Phi) is 37.4. The van der Waals surface area contributed by atoms with E-state index in [9.17, 15) is 0 Å². The number of nitrogens with two attached hydrogens (primary N) is 1. The third kappa shape index (κ3) is 33.1. The number of nitrogens with one attached hydrogen (secondary N) is 2. The van der Waals surface area contributed by atoms with Gasteiger partial charge in [0.25, 0.3) is 0 Å². The minimum absolute atomic E-state index is 0. The van der Waals surface area contributed by atoms with Gasteiger partial charge >= 0.3 is 51.4 Å². The zero-order valence-electron chi connectivity index (χ0n) is 21.6. The fourth-order valence-electron chi connectivity index (χ4n) is 3.19. The number of hydroxylamine groups is 1. The average molecular weight is 477 g/mol. The zero-order chi connectivity index (χ0) is 22.5. The molecule has 0 saturated heterocycles. The van der Waals surface area contributed by atoms with E-state index in [0.29, 0.717) is 0 Å². The van der Waals surface area contributed by atoms with Gasteiger partial charge in [-0.2, -0.15) is 0 Å². The zero-order valence-corrected chi connectivity index (χ0v) is 24.7. The molecule has 0 aliphatic rings. The second kappa shape index (κ2) is 34.1. The summed E-state index contributed by atoms with van der Waals surface area (Å²) in [5, 5.41) is 6.83. The number of hydrogen-bond donors (Lipinski definition) is 3. The van der Waals surface area contributed by atoms with Gasteiger partial charge in [-0.15, -0.1) is 6.54 Å². The monoisotopic (exact) mass is 476 g/mol. The van der Waals surface area contributed by atoms with Crippen molar-refractivity contribution < 1.29 is 56.2 Å². The maximum absolute atomic E-state index is 5.46. The molecule has 0 bridgehead atoms.